The minimum atomic E-state index is -4.49. The summed E-state index contributed by atoms with van der Waals surface area (Å²) in [7, 11) is 0. The van der Waals surface area contributed by atoms with E-state index < -0.39 is 12.5 Å². The zero-order chi connectivity index (χ0) is 11.8. The van der Waals surface area contributed by atoms with Crippen LogP contribution in [0.4, 0.5) is 17.6 Å². The van der Waals surface area contributed by atoms with Gasteiger partial charge in [-0.3, -0.25) is 0 Å². The lowest BCUT2D eigenvalue weighted by Gasteiger charge is -2.16. The Morgan fingerprint density at radius 1 is 1.31 bits per heavy atom. The van der Waals surface area contributed by atoms with Crippen LogP contribution in [0.1, 0.15) is 0 Å². The molecule has 0 unspecified atom stereocenters. The van der Waals surface area contributed by atoms with Crippen LogP contribution in [0.25, 0.3) is 11.0 Å². The van der Waals surface area contributed by atoms with Gasteiger partial charge in [0.25, 0.3) is 0 Å². The predicted octanol–water partition coefficient (Wildman–Crippen LogP) is 2.80. The number of imidazole rings is 1. The SMILES string of the molecule is FC(F)C(F)(F)Oc1ccc2nc[nH]c2c1. The molecule has 0 aliphatic heterocycles. The average Bonchev–Trinajstić information content (AvgIpc) is 2.63. The van der Waals surface area contributed by atoms with Gasteiger partial charge in [-0.05, 0) is 12.1 Å². The summed E-state index contributed by atoms with van der Waals surface area (Å²) in [4.78, 5) is 6.50. The van der Waals surface area contributed by atoms with Crippen LogP contribution in [0.5, 0.6) is 5.75 Å². The van der Waals surface area contributed by atoms with Crippen molar-refractivity contribution >= 4 is 11.0 Å². The summed E-state index contributed by atoms with van der Waals surface area (Å²) in [6, 6.07) is 3.72. The molecule has 0 amide bonds. The van der Waals surface area contributed by atoms with Crippen molar-refractivity contribution in [3.63, 3.8) is 0 Å². The molecular weight excluding hydrogens is 228 g/mol. The molecule has 7 heteroatoms. The van der Waals surface area contributed by atoms with Gasteiger partial charge in [0.15, 0.2) is 0 Å². The van der Waals surface area contributed by atoms with E-state index in [2.05, 4.69) is 14.7 Å². The minimum absolute atomic E-state index is 0.345. The van der Waals surface area contributed by atoms with Gasteiger partial charge in [-0.1, -0.05) is 0 Å². The van der Waals surface area contributed by atoms with Gasteiger partial charge in [-0.15, -0.1) is 0 Å². The van der Waals surface area contributed by atoms with E-state index in [0.29, 0.717) is 11.0 Å². The second kappa shape index (κ2) is 3.66. The fraction of sp³-hybridized carbons (Fsp3) is 0.222. The summed E-state index contributed by atoms with van der Waals surface area (Å²) in [6.07, 6.45) is -7.00. The molecule has 0 bridgehead atoms. The van der Waals surface area contributed by atoms with Crippen LogP contribution in [-0.4, -0.2) is 22.5 Å². The zero-order valence-electron chi connectivity index (χ0n) is 7.75. The number of alkyl halides is 4. The molecule has 1 heterocycles. The maximum atomic E-state index is 12.6. The number of hydrogen-bond acceptors (Lipinski definition) is 2. The Hall–Kier alpha value is -1.79. The van der Waals surface area contributed by atoms with Gasteiger partial charge in [0.05, 0.1) is 17.4 Å². The Balaban J connectivity index is 2.27. The molecule has 0 saturated heterocycles. The highest BCUT2D eigenvalue weighted by Crippen LogP contribution is 2.28. The third kappa shape index (κ3) is 1.93. The van der Waals surface area contributed by atoms with Crippen LogP contribution in [0.15, 0.2) is 24.5 Å². The molecular formula is C9H6F4N2O. The first-order chi connectivity index (χ1) is 7.49. The van der Waals surface area contributed by atoms with Gasteiger partial charge in [0.1, 0.15) is 5.75 Å². The smallest absolute Gasteiger partial charge is 0.428 e. The van der Waals surface area contributed by atoms with Gasteiger partial charge in [0.2, 0.25) is 0 Å². The number of nitrogens with one attached hydrogen (secondary N) is 1. The minimum Gasteiger partial charge on any atom is -0.428 e. The third-order valence-corrected chi connectivity index (χ3v) is 1.90. The number of H-pyrrole nitrogens is 1. The van der Waals surface area contributed by atoms with Crippen molar-refractivity contribution in [3.8, 4) is 5.75 Å². The summed E-state index contributed by atoms with van der Waals surface area (Å²) < 4.78 is 52.7. The summed E-state index contributed by atoms with van der Waals surface area (Å²) >= 11 is 0. The number of fused-ring (bicyclic) bond motifs is 1. The Labute approximate surface area is 87.0 Å². The number of rotatable bonds is 3. The molecule has 0 aliphatic rings. The zero-order valence-corrected chi connectivity index (χ0v) is 7.75. The normalized spacial score (nSPS) is 12.3. The second-order valence-corrected chi connectivity index (χ2v) is 3.05. The molecule has 1 N–H and O–H groups in total. The first-order valence-corrected chi connectivity index (χ1v) is 4.27. The van der Waals surface area contributed by atoms with Crippen molar-refractivity contribution in [2.75, 3.05) is 0 Å². The van der Waals surface area contributed by atoms with Gasteiger partial charge in [-0.25, -0.2) is 4.98 Å². The average molecular weight is 234 g/mol. The molecule has 2 rings (SSSR count). The molecule has 0 atom stereocenters. The Morgan fingerprint density at radius 2 is 2.06 bits per heavy atom. The number of halogens is 4. The standard InChI is InChI=1S/C9H6F4N2O/c10-8(11)9(12,13)16-5-1-2-6-7(3-5)15-4-14-6/h1-4,8H,(H,14,15). The van der Waals surface area contributed by atoms with Gasteiger partial charge in [0, 0.05) is 6.07 Å². The molecule has 0 radical (unpaired) electrons. The maximum absolute atomic E-state index is 12.6. The van der Waals surface area contributed by atoms with Crippen LogP contribution in [0.3, 0.4) is 0 Å². The fourth-order valence-corrected chi connectivity index (χ4v) is 1.18. The number of hydrogen-bond donors (Lipinski definition) is 1. The van der Waals surface area contributed by atoms with Gasteiger partial charge in [-0.2, -0.15) is 17.6 Å². The molecule has 1 aromatic heterocycles. The highest BCUT2D eigenvalue weighted by atomic mass is 19.3. The molecule has 86 valence electrons. The van der Waals surface area contributed by atoms with Gasteiger partial charge < -0.3 is 9.72 Å². The number of aromatic amines is 1. The highest BCUT2D eigenvalue weighted by Gasteiger charge is 2.43. The van der Waals surface area contributed by atoms with Gasteiger partial charge >= 0.3 is 12.5 Å². The first-order valence-electron chi connectivity index (χ1n) is 4.27. The van der Waals surface area contributed by atoms with Crippen molar-refractivity contribution in [2.24, 2.45) is 0 Å². The van der Waals surface area contributed by atoms with Crippen LogP contribution >= 0.6 is 0 Å². The largest absolute Gasteiger partial charge is 0.461 e. The number of ether oxygens (including phenoxy) is 1. The number of benzene rings is 1. The molecule has 0 spiro atoms. The quantitative estimate of drug-likeness (QED) is 0.829. The summed E-state index contributed by atoms with van der Waals surface area (Å²) in [5, 5.41) is 0. The summed E-state index contributed by atoms with van der Waals surface area (Å²) in [5.41, 5.74) is 0.968. The van der Waals surface area contributed by atoms with Crippen LogP contribution in [0, 0.1) is 0 Å². The lowest BCUT2D eigenvalue weighted by molar-refractivity contribution is -0.253. The van der Waals surface area contributed by atoms with E-state index in [0.717, 1.165) is 6.07 Å². The molecule has 16 heavy (non-hydrogen) atoms. The van der Waals surface area contributed by atoms with E-state index in [1.54, 1.807) is 0 Å². The van der Waals surface area contributed by atoms with E-state index in [-0.39, 0.29) is 5.75 Å². The number of aromatic nitrogens is 2. The van der Waals surface area contributed by atoms with Crippen molar-refractivity contribution in [1.29, 1.82) is 0 Å². The Kier molecular flexibility index (Phi) is 2.45. The second-order valence-electron chi connectivity index (χ2n) is 3.05. The molecule has 0 saturated carbocycles. The van der Waals surface area contributed by atoms with E-state index in [1.165, 1.54) is 18.5 Å². The Bertz CT molecular complexity index is 497. The Morgan fingerprint density at radius 3 is 2.75 bits per heavy atom. The molecule has 2 aromatic rings. The topological polar surface area (TPSA) is 37.9 Å². The van der Waals surface area contributed by atoms with Crippen molar-refractivity contribution in [2.45, 2.75) is 12.5 Å². The predicted molar refractivity (Wildman–Crippen MR) is 47.7 cm³/mol. The van der Waals surface area contributed by atoms with Crippen molar-refractivity contribution < 1.29 is 22.3 Å². The number of nitrogens with zero attached hydrogens (tertiary/aromatic N) is 1. The third-order valence-electron chi connectivity index (χ3n) is 1.90. The monoisotopic (exact) mass is 234 g/mol. The van der Waals surface area contributed by atoms with E-state index in [9.17, 15) is 17.6 Å². The molecule has 0 fully saturated rings. The van der Waals surface area contributed by atoms with Crippen LogP contribution in [0.2, 0.25) is 0 Å². The van der Waals surface area contributed by atoms with Crippen molar-refractivity contribution in [3.05, 3.63) is 24.5 Å². The van der Waals surface area contributed by atoms with E-state index in [1.807, 2.05) is 0 Å². The van der Waals surface area contributed by atoms with Crippen molar-refractivity contribution in [1.82, 2.24) is 9.97 Å². The lowest BCUT2D eigenvalue weighted by atomic mass is 10.3. The fourth-order valence-electron chi connectivity index (χ4n) is 1.18. The maximum Gasteiger partial charge on any atom is 0.461 e. The van der Waals surface area contributed by atoms with Crippen LogP contribution < -0.4 is 4.74 Å². The molecule has 3 nitrogen and oxygen atoms in total. The van der Waals surface area contributed by atoms with E-state index in [4.69, 9.17) is 0 Å². The molecule has 0 aliphatic carbocycles. The highest BCUT2D eigenvalue weighted by molar-refractivity contribution is 5.75. The first kappa shape index (κ1) is 10.7. The summed E-state index contributed by atoms with van der Waals surface area (Å²) in [5.74, 6) is -0.345. The van der Waals surface area contributed by atoms with Crippen LogP contribution in [-0.2, 0) is 0 Å². The lowest BCUT2D eigenvalue weighted by Crippen LogP contribution is -2.33. The van der Waals surface area contributed by atoms with E-state index >= 15 is 0 Å². The summed E-state index contributed by atoms with van der Waals surface area (Å²) in [6.45, 7) is 0. The molecule has 1 aromatic carbocycles.